The van der Waals surface area contributed by atoms with Gasteiger partial charge in [-0.25, -0.2) is 0 Å². The zero-order chi connectivity index (χ0) is 12.2. The van der Waals surface area contributed by atoms with Crippen LogP contribution in [0.4, 0.5) is 13.2 Å². The quantitative estimate of drug-likeness (QED) is 0.867. The first-order valence-corrected chi connectivity index (χ1v) is 4.91. The number of alkyl halides is 3. The van der Waals surface area contributed by atoms with Gasteiger partial charge in [-0.05, 0) is 30.2 Å². The Hall–Kier alpha value is -1.23. The number of rotatable bonds is 4. The molecule has 5 heteroatoms. The van der Waals surface area contributed by atoms with Gasteiger partial charge in [0.2, 0.25) is 0 Å². The molecule has 0 aliphatic heterocycles. The fraction of sp³-hybridized carbons (Fsp3) is 0.455. The van der Waals surface area contributed by atoms with E-state index < -0.39 is 12.6 Å². The van der Waals surface area contributed by atoms with E-state index in [9.17, 15) is 13.2 Å². The molecule has 0 saturated carbocycles. The molecule has 1 aromatic rings. The van der Waals surface area contributed by atoms with Gasteiger partial charge >= 0.3 is 6.18 Å². The van der Waals surface area contributed by atoms with Crippen LogP contribution in [-0.4, -0.2) is 12.8 Å². The van der Waals surface area contributed by atoms with Crippen molar-refractivity contribution < 1.29 is 17.9 Å². The minimum atomic E-state index is -4.17. The normalized spacial score (nSPS) is 11.6. The molecule has 0 aromatic heterocycles. The molecule has 0 atom stereocenters. The Morgan fingerprint density at radius 2 is 2.00 bits per heavy atom. The van der Waals surface area contributed by atoms with Crippen molar-refractivity contribution in [2.24, 2.45) is 5.73 Å². The first kappa shape index (κ1) is 12.8. The van der Waals surface area contributed by atoms with Crippen LogP contribution in [0.1, 0.15) is 17.5 Å². The summed E-state index contributed by atoms with van der Waals surface area (Å²) in [4.78, 5) is 0. The van der Waals surface area contributed by atoms with Crippen LogP contribution in [0, 0.1) is 6.92 Å². The molecule has 0 spiro atoms. The fourth-order valence-corrected chi connectivity index (χ4v) is 1.27. The van der Waals surface area contributed by atoms with Gasteiger partial charge in [-0.1, -0.05) is 6.07 Å². The third kappa shape index (κ3) is 4.10. The maximum atomic E-state index is 11.9. The first-order chi connectivity index (χ1) is 7.42. The molecule has 0 aliphatic carbocycles. The molecule has 0 radical (unpaired) electrons. The summed E-state index contributed by atoms with van der Waals surface area (Å²) in [6.07, 6.45) is -5.11. The first-order valence-electron chi connectivity index (χ1n) is 4.91. The molecule has 90 valence electrons. The summed E-state index contributed by atoms with van der Waals surface area (Å²) < 4.78 is 40.6. The Labute approximate surface area is 92.2 Å². The van der Waals surface area contributed by atoms with Crippen molar-refractivity contribution in [2.45, 2.75) is 26.1 Å². The Kier molecular flexibility index (Phi) is 4.18. The number of hydrogen-bond acceptors (Lipinski definition) is 2. The van der Waals surface area contributed by atoms with E-state index >= 15 is 0 Å². The number of halogens is 3. The molecule has 1 aromatic carbocycles. The van der Waals surface area contributed by atoms with Crippen LogP contribution in [0.15, 0.2) is 18.2 Å². The molecule has 0 bridgehead atoms. The van der Waals surface area contributed by atoms with Crippen LogP contribution < -0.4 is 10.5 Å². The monoisotopic (exact) mass is 233 g/mol. The second-order valence-corrected chi connectivity index (χ2v) is 3.51. The molecule has 0 heterocycles. The van der Waals surface area contributed by atoms with Crippen molar-refractivity contribution in [3.8, 4) is 5.75 Å². The van der Waals surface area contributed by atoms with E-state index in [4.69, 9.17) is 10.5 Å². The van der Waals surface area contributed by atoms with E-state index in [1.807, 2.05) is 6.92 Å². The van der Waals surface area contributed by atoms with Crippen LogP contribution in [-0.2, 0) is 6.54 Å². The molecule has 0 amide bonds. The molecule has 1 rings (SSSR count). The number of benzene rings is 1. The Balaban J connectivity index is 2.52. The molecule has 0 fully saturated rings. The van der Waals surface area contributed by atoms with Crippen molar-refractivity contribution >= 4 is 0 Å². The van der Waals surface area contributed by atoms with Gasteiger partial charge in [0.1, 0.15) is 5.75 Å². The lowest BCUT2D eigenvalue weighted by Crippen LogP contribution is -2.13. The summed E-state index contributed by atoms with van der Waals surface area (Å²) in [5.41, 5.74) is 7.35. The van der Waals surface area contributed by atoms with Crippen LogP contribution >= 0.6 is 0 Å². The Morgan fingerprint density at radius 3 is 2.50 bits per heavy atom. The van der Waals surface area contributed by atoms with Gasteiger partial charge in [-0.15, -0.1) is 0 Å². The van der Waals surface area contributed by atoms with Crippen LogP contribution in [0.2, 0.25) is 0 Å². The third-order valence-electron chi connectivity index (χ3n) is 2.19. The Bertz CT molecular complexity index is 350. The predicted octanol–water partition coefficient (Wildman–Crippen LogP) is 2.78. The fourth-order valence-electron chi connectivity index (χ4n) is 1.27. The van der Waals surface area contributed by atoms with Gasteiger partial charge in [0.05, 0.1) is 13.0 Å². The topological polar surface area (TPSA) is 35.2 Å². The second-order valence-electron chi connectivity index (χ2n) is 3.51. The molecule has 0 saturated heterocycles. The smallest absolute Gasteiger partial charge is 0.392 e. The zero-order valence-electron chi connectivity index (χ0n) is 8.97. The predicted molar refractivity (Wildman–Crippen MR) is 55.2 cm³/mol. The van der Waals surface area contributed by atoms with E-state index in [-0.39, 0.29) is 6.61 Å². The Morgan fingerprint density at radius 1 is 1.31 bits per heavy atom. The van der Waals surface area contributed by atoms with E-state index in [1.165, 1.54) is 0 Å². The highest BCUT2D eigenvalue weighted by Gasteiger charge is 2.26. The maximum Gasteiger partial charge on any atom is 0.392 e. The SMILES string of the molecule is Cc1cc(OCCC(F)(F)F)ccc1CN. The van der Waals surface area contributed by atoms with Gasteiger partial charge in [-0.2, -0.15) is 13.2 Å². The summed E-state index contributed by atoms with van der Waals surface area (Å²) in [5, 5.41) is 0. The van der Waals surface area contributed by atoms with E-state index in [2.05, 4.69) is 0 Å². The highest BCUT2D eigenvalue weighted by molar-refractivity contribution is 5.34. The second kappa shape index (κ2) is 5.21. The van der Waals surface area contributed by atoms with Gasteiger partial charge in [0.15, 0.2) is 0 Å². The van der Waals surface area contributed by atoms with Crippen LogP contribution in [0.25, 0.3) is 0 Å². The number of aryl methyl sites for hydroxylation is 1. The highest BCUT2D eigenvalue weighted by atomic mass is 19.4. The molecular weight excluding hydrogens is 219 g/mol. The maximum absolute atomic E-state index is 11.9. The molecule has 16 heavy (non-hydrogen) atoms. The number of hydrogen-bond donors (Lipinski definition) is 1. The van der Waals surface area contributed by atoms with Crippen molar-refractivity contribution in [2.75, 3.05) is 6.61 Å². The lowest BCUT2D eigenvalue weighted by molar-refractivity contribution is -0.139. The zero-order valence-corrected chi connectivity index (χ0v) is 8.97. The van der Waals surface area contributed by atoms with E-state index in [0.717, 1.165) is 11.1 Å². The van der Waals surface area contributed by atoms with Crippen LogP contribution in [0.3, 0.4) is 0 Å². The lowest BCUT2D eigenvalue weighted by atomic mass is 10.1. The number of nitrogens with two attached hydrogens (primary N) is 1. The number of ether oxygens (including phenoxy) is 1. The van der Waals surface area contributed by atoms with Crippen molar-refractivity contribution in [1.29, 1.82) is 0 Å². The summed E-state index contributed by atoms with van der Waals surface area (Å²) in [6.45, 7) is 1.90. The minimum absolute atomic E-state index is 0.356. The van der Waals surface area contributed by atoms with Gasteiger partial charge in [0.25, 0.3) is 0 Å². The van der Waals surface area contributed by atoms with Gasteiger partial charge in [-0.3, -0.25) is 0 Å². The average molecular weight is 233 g/mol. The molecule has 2 N–H and O–H groups in total. The summed E-state index contributed by atoms with van der Waals surface area (Å²) >= 11 is 0. The average Bonchev–Trinajstić information content (AvgIpc) is 2.16. The van der Waals surface area contributed by atoms with E-state index in [1.54, 1.807) is 18.2 Å². The molecule has 0 aliphatic rings. The highest BCUT2D eigenvalue weighted by Crippen LogP contribution is 2.21. The van der Waals surface area contributed by atoms with Crippen molar-refractivity contribution in [1.82, 2.24) is 0 Å². The largest absolute Gasteiger partial charge is 0.493 e. The summed E-state index contributed by atoms with van der Waals surface area (Å²) in [5.74, 6) is 0.443. The molecule has 0 unspecified atom stereocenters. The lowest BCUT2D eigenvalue weighted by Gasteiger charge is -2.10. The summed E-state index contributed by atoms with van der Waals surface area (Å²) in [6, 6.07) is 5.09. The standard InChI is InChI=1S/C11H14F3NO/c1-8-6-10(3-2-9(8)7-15)16-5-4-11(12,13)14/h2-3,6H,4-5,7,15H2,1H3. The van der Waals surface area contributed by atoms with E-state index in [0.29, 0.717) is 12.3 Å². The summed E-state index contributed by atoms with van der Waals surface area (Å²) in [7, 11) is 0. The van der Waals surface area contributed by atoms with Gasteiger partial charge < -0.3 is 10.5 Å². The van der Waals surface area contributed by atoms with Gasteiger partial charge in [0, 0.05) is 6.54 Å². The van der Waals surface area contributed by atoms with Crippen LogP contribution in [0.5, 0.6) is 5.75 Å². The minimum Gasteiger partial charge on any atom is -0.493 e. The third-order valence-corrected chi connectivity index (χ3v) is 2.19. The molecule has 2 nitrogen and oxygen atoms in total. The van der Waals surface area contributed by atoms with Crippen molar-refractivity contribution in [3.05, 3.63) is 29.3 Å². The van der Waals surface area contributed by atoms with Crippen molar-refractivity contribution in [3.63, 3.8) is 0 Å². The molecular formula is C11H14F3NO.